The van der Waals surface area contributed by atoms with Crippen molar-refractivity contribution in [2.75, 3.05) is 18.0 Å². The van der Waals surface area contributed by atoms with Gasteiger partial charge in [-0.2, -0.15) is 0 Å². The number of piperidine rings is 1. The van der Waals surface area contributed by atoms with Gasteiger partial charge in [-0.3, -0.25) is 9.59 Å². The molecule has 1 amide bonds. The number of imidazole rings is 1. The molecule has 0 spiro atoms. The van der Waals surface area contributed by atoms with Crippen LogP contribution in [0.4, 0.5) is 5.82 Å². The van der Waals surface area contributed by atoms with Crippen LogP contribution in [0, 0.1) is 5.92 Å². The maximum Gasteiger partial charge on any atom is 0.252 e. The zero-order valence-corrected chi connectivity index (χ0v) is 13.0. The summed E-state index contributed by atoms with van der Waals surface area (Å²) >= 11 is 0. The van der Waals surface area contributed by atoms with Gasteiger partial charge in [0.1, 0.15) is 5.82 Å². The first-order valence-corrected chi connectivity index (χ1v) is 7.59. The van der Waals surface area contributed by atoms with Crippen molar-refractivity contribution < 1.29 is 9.59 Å². The van der Waals surface area contributed by atoms with E-state index in [-0.39, 0.29) is 11.7 Å². The summed E-state index contributed by atoms with van der Waals surface area (Å²) in [6.07, 6.45) is 6.68. The lowest BCUT2D eigenvalue weighted by atomic mass is 9.93. The number of nitrogens with zero attached hydrogens (tertiary/aromatic N) is 4. The van der Waals surface area contributed by atoms with Crippen LogP contribution in [0.2, 0.25) is 0 Å². The Morgan fingerprint density at radius 3 is 2.83 bits per heavy atom. The first-order valence-electron chi connectivity index (χ1n) is 7.59. The number of rotatable bonds is 4. The van der Waals surface area contributed by atoms with Gasteiger partial charge >= 0.3 is 0 Å². The SMILES string of the molecule is Cn1ccnc1C(=O)[C@H]1CCCN(c2ncccc2C(N)=O)C1. The van der Waals surface area contributed by atoms with Gasteiger partial charge in [0, 0.05) is 44.6 Å². The van der Waals surface area contributed by atoms with Crippen LogP contribution in [0.25, 0.3) is 0 Å². The maximum atomic E-state index is 12.7. The number of primary amides is 1. The van der Waals surface area contributed by atoms with Gasteiger partial charge in [-0.05, 0) is 25.0 Å². The number of aryl methyl sites for hydroxylation is 1. The number of aromatic nitrogens is 3. The average molecular weight is 313 g/mol. The molecule has 2 aromatic rings. The molecule has 0 aliphatic carbocycles. The van der Waals surface area contributed by atoms with Gasteiger partial charge < -0.3 is 15.2 Å². The summed E-state index contributed by atoms with van der Waals surface area (Å²) in [5, 5.41) is 0. The lowest BCUT2D eigenvalue weighted by Crippen LogP contribution is -2.40. The summed E-state index contributed by atoms with van der Waals surface area (Å²) in [6, 6.07) is 3.35. The Hall–Kier alpha value is -2.70. The van der Waals surface area contributed by atoms with Crippen LogP contribution in [0.15, 0.2) is 30.7 Å². The minimum Gasteiger partial charge on any atom is -0.365 e. The lowest BCUT2D eigenvalue weighted by Gasteiger charge is -2.33. The van der Waals surface area contributed by atoms with Gasteiger partial charge in [0.2, 0.25) is 5.78 Å². The molecule has 2 N–H and O–H groups in total. The van der Waals surface area contributed by atoms with E-state index in [1.54, 1.807) is 35.3 Å². The molecule has 0 radical (unpaired) electrons. The number of carbonyl (C=O) groups excluding carboxylic acids is 2. The molecule has 0 unspecified atom stereocenters. The third-order valence-electron chi connectivity index (χ3n) is 4.19. The largest absolute Gasteiger partial charge is 0.365 e. The van der Waals surface area contributed by atoms with Crippen molar-refractivity contribution in [3.63, 3.8) is 0 Å². The number of nitrogens with two attached hydrogens (primary N) is 1. The number of ketones is 1. The average Bonchev–Trinajstić information content (AvgIpc) is 3.00. The highest BCUT2D eigenvalue weighted by atomic mass is 16.1. The molecule has 0 aromatic carbocycles. The molecule has 1 saturated heterocycles. The number of pyridine rings is 1. The smallest absolute Gasteiger partial charge is 0.252 e. The second-order valence-corrected chi connectivity index (χ2v) is 5.75. The van der Waals surface area contributed by atoms with Crippen molar-refractivity contribution >= 4 is 17.5 Å². The van der Waals surface area contributed by atoms with E-state index in [0.717, 1.165) is 19.4 Å². The maximum absolute atomic E-state index is 12.7. The van der Waals surface area contributed by atoms with E-state index in [9.17, 15) is 9.59 Å². The van der Waals surface area contributed by atoms with E-state index in [0.29, 0.717) is 23.8 Å². The summed E-state index contributed by atoms with van der Waals surface area (Å²) < 4.78 is 1.73. The fraction of sp³-hybridized carbons (Fsp3) is 0.375. The second-order valence-electron chi connectivity index (χ2n) is 5.75. The van der Waals surface area contributed by atoms with Gasteiger partial charge in [0.25, 0.3) is 5.91 Å². The minimum atomic E-state index is -0.509. The van der Waals surface area contributed by atoms with Gasteiger partial charge in [0.15, 0.2) is 5.82 Å². The van der Waals surface area contributed by atoms with Crippen LogP contribution >= 0.6 is 0 Å². The summed E-state index contributed by atoms with van der Waals surface area (Å²) in [4.78, 5) is 34.6. The Bertz CT molecular complexity index is 740. The molecule has 1 atom stereocenters. The van der Waals surface area contributed by atoms with Crippen molar-refractivity contribution in [2.24, 2.45) is 18.7 Å². The predicted octanol–water partition coefficient (Wildman–Crippen LogP) is 1.01. The third kappa shape index (κ3) is 2.94. The first kappa shape index (κ1) is 15.2. The standard InChI is InChI=1S/C16H19N5O2/c1-20-9-7-19-16(20)13(22)11-4-3-8-21(10-11)15-12(14(17)23)5-2-6-18-15/h2,5-7,9,11H,3-4,8,10H2,1H3,(H2,17,23)/t11-/m0/s1. The topological polar surface area (TPSA) is 94.1 Å². The normalized spacial score (nSPS) is 18.0. The third-order valence-corrected chi connectivity index (χ3v) is 4.19. The highest BCUT2D eigenvalue weighted by Crippen LogP contribution is 2.26. The van der Waals surface area contributed by atoms with E-state index in [1.165, 1.54) is 0 Å². The molecular weight excluding hydrogens is 294 g/mol. The van der Waals surface area contributed by atoms with Gasteiger partial charge in [0.05, 0.1) is 5.56 Å². The molecule has 3 rings (SSSR count). The quantitative estimate of drug-likeness (QED) is 0.850. The molecule has 1 aliphatic heterocycles. The number of Topliss-reactive ketones (excluding diaryl/α,β-unsaturated/α-hetero) is 1. The minimum absolute atomic E-state index is 0.0266. The summed E-state index contributed by atoms with van der Waals surface area (Å²) in [7, 11) is 1.81. The summed E-state index contributed by atoms with van der Waals surface area (Å²) in [5.41, 5.74) is 5.81. The van der Waals surface area contributed by atoms with Crippen LogP contribution in [0.1, 0.15) is 33.8 Å². The molecule has 1 fully saturated rings. The van der Waals surface area contributed by atoms with E-state index >= 15 is 0 Å². The summed E-state index contributed by atoms with van der Waals surface area (Å²) in [5.74, 6) is 0.377. The molecule has 1 aliphatic rings. The van der Waals surface area contributed by atoms with Crippen molar-refractivity contribution in [1.82, 2.24) is 14.5 Å². The van der Waals surface area contributed by atoms with E-state index in [2.05, 4.69) is 9.97 Å². The van der Waals surface area contributed by atoms with E-state index in [4.69, 9.17) is 5.73 Å². The lowest BCUT2D eigenvalue weighted by molar-refractivity contribution is 0.0893. The number of carbonyl (C=O) groups is 2. The van der Waals surface area contributed by atoms with Crippen LogP contribution in [-0.4, -0.2) is 39.3 Å². The van der Waals surface area contributed by atoms with Gasteiger partial charge in [-0.15, -0.1) is 0 Å². The molecule has 0 bridgehead atoms. The Kier molecular flexibility index (Phi) is 4.10. The molecule has 0 saturated carbocycles. The van der Waals surface area contributed by atoms with Gasteiger partial charge in [-0.25, -0.2) is 9.97 Å². The second kappa shape index (κ2) is 6.20. The Morgan fingerprint density at radius 1 is 1.30 bits per heavy atom. The summed E-state index contributed by atoms with van der Waals surface area (Å²) in [6.45, 7) is 1.27. The molecule has 7 nitrogen and oxygen atoms in total. The Labute approximate surface area is 134 Å². The van der Waals surface area contributed by atoms with Crippen molar-refractivity contribution in [3.8, 4) is 0 Å². The molecule has 3 heterocycles. The fourth-order valence-corrected chi connectivity index (χ4v) is 3.01. The van der Waals surface area contributed by atoms with Crippen molar-refractivity contribution in [1.29, 1.82) is 0 Å². The molecule has 7 heteroatoms. The number of hydrogen-bond donors (Lipinski definition) is 1. The van der Waals surface area contributed by atoms with Crippen LogP contribution in [0.3, 0.4) is 0 Å². The predicted molar refractivity (Wildman–Crippen MR) is 85.2 cm³/mol. The molecule has 2 aromatic heterocycles. The van der Waals surface area contributed by atoms with Gasteiger partial charge in [-0.1, -0.05) is 0 Å². The Morgan fingerprint density at radius 2 is 2.13 bits per heavy atom. The van der Waals surface area contributed by atoms with Crippen LogP contribution < -0.4 is 10.6 Å². The first-order chi connectivity index (χ1) is 11.1. The zero-order chi connectivity index (χ0) is 16.4. The number of anilines is 1. The molecular formula is C16H19N5O2. The van der Waals surface area contributed by atoms with Crippen molar-refractivity contribution in [2.45, 2.75) is 12.8 Å². The number of amides is 1. The fourth-order valence-electron chi connectivity index (χ4n) is 3.01. The van der Waals surface area contributed by atoms with Crippen LogP contribution in [0.5, 0.6) is 0 Å². The Balaban J connectivity index is 1.83. The van der Waals surface area contributed by atoms with E-state index in [1.807, 2.05) is 11.9 Å². The van der Waals surface area contributed by atoms with Crippen molar-refractivity contribution in [3.05, 3.63) is 42.1 Å². The molecule has 120 valence electrons. The van der Waals surface area contributed by atoms with E-state index < -0.39 is 5.91 Å². The highest BCUT2D eigenvalue weighted by molar-refractivity contribution is 5.98. The molecule has 23 heavy (non-hydrogen) atoms. The number of hydrogen-bond acceptors (Lipinski definition) is 5. The monoisotopic (exact) mass is 313 g/mol. The van der Waals surface area contributed by atoms with Crippen LogP contribution in [-0.2, 0) is 7.05 Å². The zero-order valence-electron chi connectivity index (χ0n) is 13.0. The highest BCUT2D eigenvalue weighted by Gasteiger charge is 2.30.